The average molecular weight is 553 g/mol. The van der Waals surface area contributed by atoms with Crippen molar-refractivity contribution in [2.24, 2.45) is 0 Å². The number of hydrogen-bond donors (Lipinski definition) is 2. The molecule has 206 valence electrons. The van der Waals surface area contributed by atoms with Crippen molar-refractivity contribution in [3.63, 3.8) is 0 Å². The second kappa shape index (κ2) is 12.4. The maximum absolute atomic E-state index is 14.0. The Kier molecular flexibility index (Phi) is 8.96. The molecule has 0 aliphatic carbocycles. The Hall–Kier alpha value is -3.79. The first-order valence-corrected chi connectivity index (χ1v) is 14.4. The highest BCUT2D eigenvalue weighted by Gasteiger charge is 2.32. The standard InChI is InChI=1S/C27H33N6O5P/c1-18(2)37-27(34)20(4)32-39(35,38-23-12-10-22(11-13-23)21-8-6-5-7-9-21)17-36-19(3)14-33-16-31-24-25(28)29-15-30-26(24)33/h5-13,15-16,18-20H,14,17H2,1-4H3,(H,32,35)(H2,28,29,30)/t19-,20+,39?/m1/s1. The number of benzene rings is 2. The molecule has 4 rings (SSSR count). The number of aromatic nitrogens is 4. The molecule has 0 spiro atoms. The molecule has 0 saturated heterocycles. The van der Waals surface area contributed by atoms with E-state index in [0.717, 1.165) is 11.1 Å². The molecule has 0 bridgehead atoms. The lowest BCUT2D eigenvalue weighted by Crippen LogP contribution is -2.37. The van der Waals surface area contributed by atoms with Gasteiger partial charge in [0, 0.05) is 0 Å². The number of carbonyl (C=O) groups excluding carboxylic acids is 1. The minimum absolute atomic E-state index is 0.287. The van der Waals surface area contributed by atoms with E-state index >= 15 is 0 Å². The van der Waals surface area contributed by atoms with Crippen molar-refractivity contribution in [3.8, 4) is 16.9 Å². The molecule has 4 aromatic rings. The molecule has 2 aromatic heterocycles. The number of esters is 1. The van der Waals surface area contributed by atoms with Gasteiger partial charge >= 0.3 is 13.5 Å². The van der Waals surface area contributed by atoms with Crippen molar-refractivity contribution in [1.82, 2.24) is 24.6 Å². The third-order valence-corrected chi connectivity index (χ3v) is 7.50. The lowest BCUT2D eigenvalue weighted by atomic mass is 10.1. The van der Waals surface area contributed by atoms with Gasteiger partial charge in [-0.1, -0.05) is 42.5 Å². The summed E-state index contributed by atoms with van der Waals surface area (Å²) in [5.74, 6) is 0.123. The molecule has 0 aliphatic heterocycles. The van der Waals surface area contributed by atoms with E-state index in [4.69, 9.17) is 19.7 Å². The fourth-order valence-corrected chi connectivity index (χ4v) is 5.66. The summed E-state index contributed by atoms with van der Waals surface area (Å²) in [6, 6.07) is 16.2. The van der Waals surface area contributed by atoms with Crippen LogP contribution in [0.25, 0.3) is 22.3 Å². The molecule has 39 heavy (non-hydrogen) atoms. The predicted octanol–water partition coefficient (Wildman–Crippen LogP) is 4.64. The summed E-state index contributed by atoms with van der Waals surface area (Å²) in [5, 5.41) is 2.82. The number of carbonyl (C=O) groups is 1. The number of nitrogens with two attached hydrogens (primary N) is 1. The highest BCUT2D eigenvalue weighted by molar-refractivity contribution is 7.57. The van der Waals surface area contributed by atoms with Crippen molar-refractivity contribution < 1.29 is 23.4 Å². The van der Waals surface area contributed by atoms with Crippen LogP contribution in [0.1, 0.15) is 27.7 Å². The van der Waals surface area contributed by atoms with E-state index in [1.807, 2.05) is 49.4 Å². The summed E-state index contributed by atoms with van der Waals surface area (Å²) in [5.41, 5.74) is 8.98. The SMILES string of the molecule is CC(C)OC(=O)[C@H](C)NP(=O)(CO[C@H](C)Cn1cnc2c(N)ncnc21)Oc1ccc(-c2ccccc2)cc1. The monoisotopic (exact) mass is 552 g/mol. The maximum atomic E-state index is 14.0. The highest BCUT2D eigenvalue weighted by atomic mass is 31.2. The molecule has 0 aliphatic rings. The number of rotatable bonds is 12. The molecular formula is C27H33N6O5P. The number of imidazole rings is 1. The second-order valence-corrected chi connectivity index (χ2v) is 11.5. The van der Waals surface area contributed by atoms with Crippen LogP contribution in [0.5, 0.6) is 5.75 Å². The number of nitrogen functional groups attached to an aromatic ring is 1. The average Bonchev–Trinajstić information content (AvgIpc) is 3.32. The topological polar surface area (TPSA) is 143 Å². The van der Waals surface area contributed by atoms with Crippen LogP contribution >= 0.6 is 7.52 Å². The van der Waals surface area contributed by atoms with Crippen LogP contribution in [0.2, 0.25) is 0 Å². The third-order valence-electron chi connectivity index (χ3n) is 5.72. The van der Waals surface area contributed by atoms with Crippen molar-refractivity contribution in [3.05, 3.63) is 67.3 Å². The molecule has 12 heteroatoms. The fourth-order valence-electron chi connectivity index (χ4n) is 3.87. The van der Waals surface area contributed by atoms with E-state index in [1.54, 1.807) is 43.8 Å². The molecule has 2 heterocycles. The van der Waals surface area contributed by atoms with E-state index in [-0.39, 0.29) is 18.3 Å². The molecule has 11 nitrogen and oxygen atoms in total. The quantitative estimate of drug-likeness (QED) is 0.188. The van der Waals surface area contributed by atoms with Gasteiger partial charge in [0.2, 0.25) is 0 Å². The number of hydrogen-bond acceptors (Lipinski definition) is 9. The van der Waals surface area contributed by atoms with Gasteiger partial charge in [-0.15, -0.1) is 0 Å². The van der Waals surface area contributed by atoms with Gasteiger partial charge in [0.05, 0.1) is 25.1 Å². The molecule has 3 N–H and O–H groups in total. The minimum atomic E-state index is -3.73. The van der Waals surface area contributed by atoms with E-state index in [1.165, 1.54) is 6.33 Å². The summed E-state index contributed by atoms with van der Waals surface area (Å²) in [6.45, 7) is 7.26. The zero-order valence-corrected chi connectivity index (χ0v) is 23.2. The van der Waals surface area contributed by atoms with Crippen molar-refractivity contribution in [2.45, 2.75) is 52.5 Å². The Morgan fingerprint density at radius 1 is 1.00 bits per heavy atom. The van der Waals surface area contributed by atoms with Gasteiger partial charge in [0.15, 0.2) is 11.5 Å². The largest absolute Gasteiger partial charge is 0.462 e. The second-order valence-electron chi connectivity index (χ2n) is 9.43. The van der Waals surface area contributed by atoms with Gasteiger partial charge in [-0.25, -0.2) is 20.0 Å². The summed E-state index contributed by atoms with van der Waals surface area (Å²) in [4.78, 5) is 24.9. The molecule has 1 unspecified atom stereocenters. The summed E-state index contributed by atoms with van der Waals surface area (Å²) in [6.07, 6.45) is 1.95. The lowest BCUT2D eigenvalue weighted by molar-refractivity contribution is -0.149. The Balaban J connectivity index is 1.48. The molecular weight excluding hydrogens is 519 g/mol. The maximum Gasteiger partial charge on any atom is 0.342 e. The fraction of sp³-hybridized carbons (Fsp3) is 0.333. The summed E-state index contributed by atoms with van der Waals surface area (Å²) < 4.78 is 32.9. The number of ether oxygens (including phenoxy) is 2. The summed E-state index contributed by atoms with van der Waals surface area (Å²) >= 11 is 0. The number of nitrogens with one attached hydrogen (secondary N) is 1. The normalized spacial score (nSPS) is 14.6. The van der Waals surface area contributed by atoms with Gasteiger partial charge in [-0.2, -0.15) is 0 Å². The van der Waals surface area contributed by atoms with Gasteiger partial charge in [-0.05, 0) is 51.0 Å². The van der Waals surface area contributed by atoms with Gasteiger partial charge < -0.3 is 24.3 Å². The number of fused-ring (bicyclic) bond motifs is 1. The third kappa shape index (κ3) is 7.41. The first-order chi connectivity index (χ1) is 18.6. The van der Waals surface area contributed by atoms with E-state index in [9.17, 15) is 9.36 Å². The molecule has 0 saturated carbocycles. The van der Waals surface area contributed by atoms with Crippen LogP contribution in [0.15, 0.2) is 67.3 Å². The first kappa shape index (κ1) is 28.2. The summed E-state index contributed by atoms with van der Waals surface area (Å²) in [7, 11) is -3.73. The van der Waals surface area contributed by atoms with Gasteiger partial charge in [0.25, 0.3) is 0 Å². The van der Waals surface area contributed by atoms with Crippen LogP contribution in [0.3, 0.4) is 0 Å². The number of anilines is 1. The zero-order valence-electron chi connectivity index (χ0n) is 22.4. The van der Waals surface area contributed by atoms with Crippen LogP contribution in [-0.4, -0.2) is 50.1 Å². The molecule has 3 atom stereocenters. The molecule has 0 amide bonds. The van der Waals surface area contributed by atoms with E-state index in [0.29, 0.717) is 23.5 Å². The van der Waals surface area contributed by atoms with E-state index in [2.05, 4.69) is 20.0 Å². The zero-order chi connectivity index (χ0) is 28.0. The molecule has 0 radical (unpaired) electrons. The lowest BCUT2D eigenvalue weighted by Gasteiger charge is -2.25. The van der Waals surface area contributed by atoms with Crippen LogP contribution in [-0.2, 0) is 25.4 Å². The molecule has 2 aromatic carbocycles. The Bertz CT molecular complexity index is 1440. The van der Waals surface area contributed by atoms with Gasteiger partial charge in [0.1, 0.15) is 30.0 Å². The highest BCUT2D eigenvalue weighted by Crippen LogP contribution is 2.44. The van der Waals surface area contributed by atoms with Crippen LogP contribution in [0.4, 0.5) is 5.82 Å². The van der Waals surface area contributed by atoms with Crippen LogP contribution < -0.4 is 15.3 Å². The van der Waals surface area contributed by atoms with Crippen molar-refractivity contribution in [1.29, 1.82) is 0 Å². The Morgan fingerprint density at radius 2 is 1.69 bits per heavy atom. The Morgan fingerprint density at radius 3 is 2.38 bits per heavy atom. The van der Waals surface area contributed by atoms with E-state index < -0.39 is 25.6 Å². The minimum Gasteiger partial charge on any atom is -0.462 e. The first-order valence-electron chi connectivity index (χ1n) is 12.6. The number of nitrogens with zero attached hydrogens (tertiary/aromatic N) is 4. The van der Waals surface area contributed by atoms with Crippen molar-refractivity contribution >= 4 is 30.5 Å². The molecule has 0 fully saturated rings. The predicted molar refractivity (Wildman–Crippen MR) is 149 cm³/mol. The van der Waals surface area contributed by atoms with Crippen LogP contribution in [0, 0.1) is 0 Å². The van der Waals surface area contributed by atoms with Gasteiger partial charge in [-0.3, -0.25) is 9.36 Å². The Labute approximate surface area is 227 Å². The van der Waals surface area contributed by atoms with Crippen molar-refractivity contribution in [2.75, 3.05) is 12.1 Å². The smallest absolute Gasteiger partial charge is 0.342 e.